The zero-order valence-electron chi connectivity index (χ0n) is 21.0. The Labute approximate surface area is 249 Å². The Bertz CT molecular complexity index is 1170. The summed E-state index contributed by atoms with van der Waals surface area (Å²) in [7, 11) is -3.64. The van der Waals surface area contributed by atoms with Crippen LogP contribution in [0.5, 0.6) is 5.75 Å². The third kappa shape index (κ3) is 8.55. The molecular formula is C32H29NO3SZr. The summed E-state index contributed by atoms with van der Waals surface area (Å²) >= 11 is 0. The fourth-order valence-corrected chi connectivity index (χ4v) is 5.37. The van der Waals surface area contributed by atoms with Gasteiger partial charge in [0.1, 0.15) is 6.61 Å². The monoisotopic (exact) mass is 597 g/mol. The Kier molecular flexibility index (Phi) is 12.6. The molecule has 3 aliphatic rings. The molecule has 1 unspecified atom stereocenters. The van der Waals surface area contributed by atoms with Crippen LogP contribution < -0.4 is 9.04 Å². The minimum atomic E-state index is -3.64. The predicted octanol–water partition coefficient (Wildman–Crippen LogP) is 6.23. The van der Waals surface area contributed by atoms with Crippen LogP contribution >= 0.6 is 0 Å². The molecule has 0 spiro atoms. The molecule has 0 aromatic heterocycles. The molecule has 0 saturated heterocycles. The second-order valence-electron chi connectivity index (χ2n) is 8.38. The Morgan fingerprint density at radius 2 is 1.32 bits per heavy atom. The van der Waals surface area contributed by atoms with E-state index in [1.54, 1.807) is 42.5 Å². The molecule has 1 heterocycles. The summed E-state index contributed by atoms with van der Waals surface area (Å²) in [6.45, 7) is 4.80. The van der Waals surface area contributed by atoms with Gasteiger partial charge in [-0.1, -0.05) is 54.2 Å². The van der Waals surface area contributed by atoms with E-state index in [-0.39, 0.29) is 37.0 Å². The molecule has 1 atom stereocenters. The van der Waals surface area contributed by atoms with E-state index < -0.39 is 10.0 Å². The molecule has 6 heteroatoms. The molecule has 2 fully saturated rings. The van der Waals surface area contributed by atoms with Crippen LogP contribution in [0.15, 0.2) is 77.7 Å². The van der Waals surface area contributed by atoms with E-state index in [0.29, 0.717) is 24.6 Å². The van der Waals surface area contributed by atoms with Crippen molar-refractivity contribution in [2.24, 2.45) is 0 Å². The van der Waals surface area contributed by atoms with Gasteiger partial charge in [0.05, 0.1) is 4.90 Å². The normalized spacial score (nSPS) is 17.8. The van der Waals surface area contributed by atoms with Crippen molar-refractivity contribution in [3.05, 3.63) is 161 Å². The fourth-order valence-electron chi connectivity index (χ4n) is 3.82. The van der Waals surface area contributed by atoms with Crippen molar-refractivity contribution in [2.45, 2.75) is 17.4 Å². The molecule has 0 N–H and O–H groups in total. The maximum absolute atomic E-state index is 13.1. The third-order valence-electron chi connectivity index (χ3n) is 5.71. The summed E-state index contributed by atoms with van der Waals surface area (Å²) < 4.78 is 33.4. The molecule has 6 rings (SSSR count). The van der Waals surface area contributed by atoms with Gasteiger partial charge in [0.2, 0.25) is 0 Å². The molecule has 1 aliphatic heterocycles. The van der Waals surface area contributed by atoms with Crippen molar-refractivity contribution in [1.29, 1.82) is 0 Å². The first-order valence-electron chi connectivity index (χ1n) is 12.0. The van der Waals surface area contributed by atoms with Gasteiger partial charge in [-0.25, -0.2) is 8.42 Å². The van der Waals surface area contributed by atoms with Gasteiger partial charge in [0.25, 0.3) is 10.0 Å². The minimum Gasteiger partial charge on any atom is -0.515 e. The zero-order valence-corrected chi connectivity index (χ0v) is 24.3. The van der Waals surface area contributed by atoms with E-state index in [9.17, 15) is 8.42 Å². The van der Waals surface area contributed by atoms with Crippen LogP contribution in [0, 0.1) is 77.2 Å². The molecule has 3 aromatic rings. The van der Waals surface area contributed by atoms with Crippen LogP contribution in [-0.4, -0.2) is 15.0 Å². The number of hydrogen-bond donors (Lipinski definition) is 0. The molecule has 190 valence electrons. The number of ether oxygens (including phenoxy) is 1. The van der Waals surface area contributed by atoms with Crippen molar-refractivity contribution < 1.29 is 39.4 Å². The Morgan fingerprint density at radius 1 is 0.816 bits per heavy atom. The van der Waals surface area contributed by atoms with Gasteiger partial charge in [-0.05, 0) is 81.9 Å². The Balaban J connectivity index is 0.000000303. The first kappa shape index (κ1) is 30.6. The van der Waals surface area contributed by atoms with Gasteiger partial charge < -0.3 is 11.7 Å². The molecule has 3 aromatic carbocycles. The van der Waals surface area contributed by atoms with E-state index in [2.05, 4.69) is 13.0 Å². The van der Waals surface area contributed by atoms with Gasteiger partial charge in [-0.15, -0.1) is 12.1 Å². The van der Waals surface area contributed by atoms with E-state index in [0.717, 1.165) is 11.1 Å². The summed E-state index contributed by atoms with van der Waals surface area (Å²) in [6.07, 6.45) is 20.0. The van der Waals surface area contributed by atoms with Gasteiger partial charge in [0, 0.05) is 12.3 Å². The third-order valence-corrected chi connectivity index (χ3v) is 7.50. The summed E-state index contributed by atoms with van der Waals surface area (Å²) in [4.78, 5) is 0.268. The van der Waals surface area contributed by atoms with Crippen molar-refractivity contribution in [3.63, 3.8) is 0 Å². The molecule has 0 bridgehead atoms. The van der Waals surface area contributed by atoms with Gasteiger partial charge in [-0.3, -0.25) is 4.31 Å². The topological polar surface area (TPSA) is 46.6 Å². The maximum Gasteiger partial charge on any atom is 2.00 e. The molecule has 2 saturated carbocycles. The van der Waals surface area contributed by atoms with Gasteiger partial charge in [-0.2, -0.15) is 17.5 Å². The van der Waals surface area contributed by atoms with Crippen molar-refractivity contribution in [2.75, 3.05) is 10.8 Å². The largest absolute Gasteiger partial charge is 2.00 e. The van der Waals surface area contributed by atoms with Crippen LogP contribution in [0.4, 0.5) is 5.69 Å². The Hall–Kier alpha value is -1.91. The number of nitrogens with zero attached hydrogens (tertiary/aromatic N) is 1. The van der Waals surface area contributed by atoms with Crippen molar-refractivity contribution in [3.8, 4) is 5.75 Å². The minimum absolute atomic E-state index is 0. The van der Waals surface area contributed by atoms with E-state index in [1.807, 2.05) is 94.5 Å². The first-order chi connectivity index (χ1) is 18.1. The summed E-state index contributed by atoms with van der Waals surface area (Å²) in [5.74, 6) is 0.373. The number of sulfonamides is 1. The Morgan fingerprint density at radius 3 is 1.84 bits per heavy atom. The second-order valence-corrected chi connectivity index (χ2v) is 10.2. The number of hydrogen-bond acceptors (Lipinski definition) is 3. The van der Waals surface area contributed by atoms with Crippen LogP contribution in [0.25, 0.3) is 0 Å². The average molecular weight is 599 g/mol. The van der Waals surface area contributed by atoms with Crippen LogP contribution in [0.1, 0.15) is 17.0 Å². The van der Waals surface area contributed by atoms with Crippen LogP contribution in [-0.2, 0) is 42.8 Å². The SMILES string of the molecule is [CH2-]C1CN(S(=O)(=O)c2ccccc2)c2cc(OCc3ccccc3)[c-]cc21.[CH]1[CH][CH][CH][CH]1.[CH]1[CH][CH][CH][CH]1.[Zr+2]. The predicted molar refractivity (Wildman–Crippen MR) is 148 cm³/mol. The summed E-state index contributed by atoms with van der Waals surface area (Å²) in [5.41, 5.74) is 2.51. The average Bonchev–Trinajstić information content (AvgIpc) is 3.74. The van der Waals surface area contributed by atoms with Crippen molar-refractivity contribution >= 4 is 15.7 Å². The number of benzene rings is 3. The zero-order chi connectivity index (χ0) is 25.9. The number of rotatable bonds is 5. The smallest absolute Gasteiger partial charge is 0.515 e. The van der Waals surface area contributed by atoms with Gasteiger partial charge in [0.15, 0.2) is 0 Å². The van der Waals surface area contributed by atoms with Crippen LogP contribution in [0.2, 0.25) is 0 Å². The fraction of sp³-hybridized carbons (Fsp3) is 0.0938. The number of fused-ring (bicyclic) bond motifs is 1. The molecule has 2 aliphatic carbocycles. The van der Waals surface area contributed by atoms with Crippen molar-refractivity contribution in [1.82, 2.24) is 0 Å². The number of anilines is 1. The summed E-state index contributed by atoms with van der Waals surface area (Å²) in [6, 6.07) is 24.9. The molecule has 10 radical (unpaired) electrons. The second kappa shape index (κ2) is 15.6. The molecular weight excluding hydrogens is 570 g/mol. The summed E-state index contributed by atoms with van der Waals surface area (Å²) in [5, 5.41) is 0. The van der Waals surface area contributed by atoms with E-state index >= 15 is 0 Å². The maximum atomic E-state index is 13.1. The van der Waals surface area contributed by atoms with Crippen LogP contribution in [0.3, 0.4) is 0 Å². The molecule has 38 heavy (non-hydrogen) atoms. The molecule has 0 amide bonds. The first-order valence-corrected chi connectivity index (χ1v) is 13.5. The van der Waals surface area contributed by atoms with Gasteiger partial charge >= 0.3 is 26.2 Å². The molecule has 4 nitrogen and oxygen atoms in total. The standard InChI is InChI=1S/C22H19NO3S.2C5H5.Zr/c1-17-15-23(27(24,25)20-10-6-3-7-11-20)22-14-19(12-13-21(17)22)26-16-18-8-4-2-5-9-18;2*1-2-4-5-3-1;/h2-11,13-14,17H,1,15-16H2;2*1-5H;/q-2;;;+2. The van der Waals surface area contributed by atoms with E-state index in [1.165, 1.54) is 4.31 Å². The quantitative estimate of drug-likeness (QED) is 0.327. The van der Waals surface area contributed by atoms with E-state index in [4.69, 9.17) is 4.74 Å².